The fourth-order valence-corrected chi connectivity index (χ4v) is 1.54. The van der Waals surface area contributed by atoms with Crippen LogP contribution in [0.3, 0.4) is 0 Å². The van der Waals surface area contributed by atoms with Gasteiger partial charge in [-0.2, -0.15) is 0 Å². The lowest BCUT2D eigenvalue weighted by atomic mass is 10.2. The first-order valence-corrected chi connectivity index (χ1v) is 5.26. The molecule has 1 aliphatic heterocycles. The van der Waals surface area contributed by atoms with Crippen molar-refractivity contribution in [1.29, 1.82) is 0 Å². The van der Waals surface area contributed by atoms with Crippen LogP contribution in [0.5, 0.6) is 0 Å². The molecule has 2 rings (SSSR count). The molecule has 0 spiro atoms. The Hall–Kier alpha value is -1.62. The van der Waals surface area contributed by atoms with Crippen molar-refractivity contribution < 1.29 is 14.3 Å². The molecule has 1 unspecified atom stereocenters. The van der Waals surface area contributed by atoms with E-state index in [-0.39, 0.29) is 11.8 Å². The van der Waals surface area contributed by atoms with Crippen molar-refractivity contribution in [3.8, 4) is 0 Å². The van der Waals surface area contributed by atoms with E-state index in [2.05, 4.69) is 4.98 Å². The molecule has 2 heterocycles. The van der Waals surface area contributed by atoms with Crippen LogP contribution in [0.2, 0.25) is 0 Å². The first kappa shape index (κ1) is 10.9. The number of nitrogens with two attached hydrogens (primary N) is 1. The van der Waals surface area contributed by atoms with Gasteiger partial charge in [-0.05, 0) is 25.0 Å². The molecule has 86 valence electrons. The number of esters is 1. The molecule has 16 heavy (non-hydrogen) atoms. The van der Waals surface area contributed by atoms with Crippen molar-refractivity contribution >= 4 is 11.7 Å². The van der Waals surface area contributed by atoms with E-state index >= 15 is 0 Å². The third-order valence-corrected chi connectivity index (χ3v) is 2.39. The van der Waals surface area contributed by atoms with E-state index in [1.807, 2.05) is 0 Å². The van der Waals surface area contributed by atoms with Crippen molar-refractivity contribution in [2.75, 3.05) is 18.9 Å². The van der Waals surface area contributed by atoms with E-state index in [1.54, 1.807) is 12.1 Å². The van der Waals surface area contributed by atoms with Gasteiger partial charge >= 0.3 is 5.97 Å². The first-order chi connectivity index (χ1) is 7.75. The molecular weight excluding hydrogens is 208 g/mol. The summed E-state index contributed by atoms with van der Waals surface area (Å²) in [6.07, 6.45) is 3.06. The van der Waals surface area contributed by atoms with E-state index in [9.17, 15) is 4.79 Å². The molecule has 0 aliphatic carbocycles. The number of carbonyl (C=O) groups excluding carboxylic acids is 1. The highest BCUT2D eigenvalue weighted by atomic mass is 16.6. The van der Waals surface area contributed by atoms with Crippen LogP contribution in [0.4, 0.5) is 5.69 Å². The molecule has 1 aromatic rings. The summed E-state index contributed by atoms with van der Waals surface area (Å²) in [7, 11) is 0. The van der Waals surface area contributed by atoms with Crippen LogP contribution in [0, 0.1) is 0 Å². The molecule has 1 fully saturated rings. The summed E-state index contributed by atoms with van der Waals surface area (Å²) in [5.74, 6) is -0.421. The number of carbonyl (C=O) groups is 1. The maximum absolute atomic E-state index is 11.6. The Morgan fingerprint density at radius 1 is 1.56 bits per heavy atom. The first-order valence-electron chi connectivity index (χ1n) is 5.26. The van der Waals surface area contributed by atoms with Gasteiger partial charge in [-0.1, -0.05) is 0 Å². The summed E-state index contributed by atoms with van der Waals surface area (Å²) >= 11 is 0. The number of aromatic nitrogens is 1. The average Bonchev–Trinajstić information content (AvgIpc) is 2.31. The Morgan fingerprint density at radius 2 is 2.44 bits per heavy atom. The Bertz CT molecular complexity index is 358. The lowest BCUT2D eigenvalue weighted by Gasteiger charge is -2.21. The third kappa shape index (κ3) is 2.70. The minimum Gasteiger partial charge on any atom is -0.455 e. The minimum absolute atomic E-state index is 0.152. The van der Waals surface area contributed by atoms with Crippen LogP contribution >= 0.6 is 0 Å². The number of ether oxygens (including phenoxy) is 2. The van der Waals surface area contributed by atoms with E-state index in [1.165, 1.54) is 6.20 Å². The normalized spacial score (nSPS) is 20.4. The minimum atomic E-state index is -0.421. The smallest absolute Gasteiger partial charge is 0.357 e. The van der Waals surface area contributed by atoms with Gasteiger partial charge in [-0.3, -0.25) is 0 Å². The van der Waals surface area contributed by atoms with Crippen LogP contribution < -0.4 is 5.73 Å². The summed E-state index contributed by atoms with van der Waals surface area (Å²) in [5.41, 5.74) is 6.28. The molecule has 5 nitrogen and oxygen atoms in total. The number of anilines is 1. The van der Waals surface area contributed by atoms with Gasteiger partial charge < -0.3 is 15.2 Å². The third-order valence-electron chi connectivity index (χ3n) is 2.39. The number of rotatable bonds is 2. The van der Waals surface area contributed by atoms with Crippen molar-refractivity contribution in [3.63, 3.8) is 0 Å². The summed E-state index contributed by atoms with van der Waals surface area (Å²) in [6, 6.07) is 3.18. The molecule has 0 saturated carbocycles. The van der Waals surface area contributed by atoms with E-state index < -0.39 is 5.97 Å². The number of nitrogen functional groups attached to an aromatic ring is 1. The fourth-order valence-electron chi connectivity index (χ4n) is 1.54. The molecule has 2 N–H and O–H groups in total. The van der Waals surface area contributed by atoms with Crippen molar-refractivity contribution in [2.45, 2.75) is 18.9 Å². The van der Waals surface area contributed by atoms with Crippen LogP contribution in [0.1, 0.15) is 23.3 Å². The van der Waals surface area contributed by atoms with Gasteiger partial charge in [0, 0.05) is 6.61 Å². The summed E-state index contributed by atoms with van der Waals surface area (Å²) in [4.78, 5) is 15.5. The largest absolute Gasteiger partial charge is 0.455 e. The molecule has 1 saturated heterocycles. The average molecular weight is 222 g/mol. The molecule has 0 aromatic carbocycles. The Kier molecular flexibility index (Phi) is 3.36. The van der Waals surface area contributed by atoms with Gasteiger partial charge in [0.2, 0.25) is 0 Å². The van der Waals surface area contributed by atoms with Gasteiger partial charge in [-0.15, -0.1) is 0 Å². The zero-order valence-corrected chi connectivity index (χ0v) is 8.89. The standard InChI is InChI=1S/C11H14N2O3/c12-8-3-4-10(13-6-8)11(14)16-9-2-1-5-15-7-9/h3-4,6,9H,1-2,5,7,12H2. The second kappa shape index (κ2) is 4.94. The monoisotopic (exact) mass is 222 g/mol. The Morgan fingerprint density at radius 3 is 3.06 bits per heavy atom. The number of hydrogen-bond acceptors (Lipinski definition) is 5. The molecule has 0 bridgehead atoms. The summed E-state index contributed by atoms with van der Waals surface area (Å²) in [5, 5.41) is 0. The fraction of sp³-hybridized carbons (Fsp3) is 0.455. The molecule has 0 radical (unpaired) electrons. The molecule has 0 amide bonds. The van der Waals surface area contributed by atoms with Crippen molar-refractivity contribution in [2.24, 2.45) is 0 Å². The van der Waals surface area contributed by atoms with Crippen LogP contribution in [-0.2, 0) is 9.47 Å². The summed E-state index contributed by atoms with van der Waals surface area (Å²) in [6.45, 7) is 1.22. The highest BCUT2D eigenvalue weighted by Crippen LogP contribution is 2.12. The maximum Gasteiger partial charge on any atom is 0.357 e. The van der Waals surface area contributed by atoms with Crippen molar-refractivity contribution in [1.82, 2.24) is 4.98 Å². The van der Waals surface area contributed by atoms with E-state index in [4.69, 9.17) is 15.2 Å². The zero-order valence-electron chi connectivity index (χ0n) is 8.89. The van der Waals surface area contributed by atoms with Crippen LogP contribution in [-0.4, -0.2) is 30.3 Å². The zero-order chi connectivity index (χ0) is 11.4. The highest BCUT2D eigenvalue weighted by molar-refractivity contribution is 5.87. The molecule has 1 aromatic heterocycles. The van der Waals surface area contributed by atoms with Crippen molar-refractivity contribution in [3.05, 3.63) is 24.0 Å². The van der Waals surface area contributed by atoms with Gasteiger partial charge in [-0.25, -0.2) is 9.78 Å². The SMILES string of the molecule is Nc1ccc(C(=O)OC2CCCOC2)nc1. The number of nitrogens with zero attached hydrogens (tertiary/aromatic N) is 1. The van der Waals surface area contributed by atoms with Crippen LogP contribution in [0.15, 0.2) is 18.3 Å². The Balaban J connectivity index is 1.94. The number of hydrogen-bond donors (Lipinski definition) is 1. The maximum atomic E-state index is 11.6. The second-order valence-corrected chi connectivity index (χ2v) is 3.72. The van der Waals surface area contributed by atoms with Gasteiger partial charge in [0.1, 0.15) is 11.8 Å². The highest BCUT2D eigenvalue weighted by Gasteiger charge is 2.19. The van der Waals surface area contributed by atoms with Gasteiger partial charge in [0.15, 0.2) is 0 Å². The van der Waals surface area contributed by atoms with Gasteiger partial charge in [0.25, 0.3) is 0 Å². The topological polar surface area (TPSA) is 74.4 Å². The lowest BCUT2D eigenvalue weighted by molar-refractivity contribution is -0.0309. The predicted octanol–water partition coefficient (Wildman–Crippen LogP) is 1.000. The van der Waals surface area contributed by atoms with E-state index in [0.29, 0.717) is 12.3 Å². The molecule has 1 atom stereocenters. The Labute approximate surface area is 93.6 Å². The number of pyridine rings is 1. The quantitative estimate of drug-likeness (QED) is 0.755. The van der Waals surface area contributed by atoms with E-state index in [0.717, 1.165) is 19.4 Å². The summed E-state index contributed by atoms with van der Waals surface area (Å²) < 4.78 is 10.5. The van der Waals surface area contributed by atoms with Crippen LogP contribution in [0.25, 0.3) is 0 Å². The molecule has 1 aliphatic rings. The predicted molar refractivity (Wildman–Crippen MR) is 57.9 cm³/mol. The molecular formula is C11H14N2O3. The van der Waals surface area contributed by atoms with Gasteiger partial charge in [0.05, 0.1) is 18.5 Å². The lowest BCUT2D eigenvalue weighted by Crippen LogP contribution is -2.28. The second-order valence-electron chi connectivity index (χ2n) is 3.72. The molecule has 5 heteroatoms.